The number of rotatable bonds is 1. The Morgan fingerprint density at radius 3 is 2.53 bits per heavy atom. The second-order valence-electron chi connectivity index (χ2n) is 3.53. The molecule has 0 unspecified atom stereocenters. The van der Waals surface area contributed by atoms with Gasteiger partial charge in [0.2, 0.25) is 0 Å². The van der Waals surface area contributed by atoms with Crippen LogP contribution in [-0.4, -0.2) is 5.16 Å². The van der Waals surface area contributed by atoms with Gasteiger partial charge in [-0.3, -0.25) is 0 Å². The third-order valence-corrected chi connectivity index (χ3v) is 2.76. The molecule has 1 heterocycles. The van der Waals surface area contributed by atoms with Crippen molar-refractivity contribution in [2.24, 2.45) is 0 Å². The highest BCUT2D eigenvalue weighted by Gasteiger charge is 2.35. The smallest absolute Gasteiger partial charge is 0.356 e. The number of aromatic nitrogens is 1. The van der Waals surface area contributed by atoms with Crippen molar-refractivity contribution in [1.82, 2.24) is 5.16 Å². The van der Waals surface area contributed by atoms with E-state index in [0.29, 0.717) is 5.56 Å². The van der Waals surface area contributed by atoms with E-state index in [1.165, 1.54) is 0 Å². The molecule has 0 radical (unpaired) electrons. The first-order valence-electron chi connectivity index (χ1n) is 4.68. The van der Waals surface area contributed by atoms with Crippen molar-refractivity contribution in [2.75, 3.05) is 0 Å². The maximum Gasteiger partial charge on any atom is 0.436 e. The predicted octanol–water partition coefficient (Wildman–Crippen LogP) is 4.43. The lowest BCUT2D eigenvalue weighted by atomic mass is 10.1. The Balaban J connectivity index is 2.47. The fraction of sp³-hybridized carbons (Fsp3) is 0.182. The maximum absolute atomic E-state index is 12.4. The van der Waals surface area contributed by atoms with Crippen LogP contribution in [0.2, 0.25) is 0 Å². The minimum Gasteiger partial charge on any atom is -0.356 e. The fourth-order valence-corrected chi connectivity index (χ4v) is 1.76. The zero-order valence-electron chi connectivity index (χ0n) is 8.68. The van der Waals surface area contributed by atoms with Crippen molar-refractivity contribution in [3.8, 4) is 11.3 Å². The Morgan fingerprint density at radius 2 is 1.94 bits per heavy atom. The summed E-state index contributed by atoms with van der Waals surface area (Å²) in [6.07, 6.45) is -4.48. The Hall–Kier alpha value is -1.30. The van der Waals surface area contributed by atoms with Gasteiger partial charge >= 0.3 is 6.18 Å². The molecular weight excluding hydrogens is 299 g/mol. The largest absolute Gasteiger partial charge is 0.436 e. The molecule has 0 saturated heterocycles. The van der Waals surface area contributed by atoms with Crippen LogP contribution < -0.4 is 0 Å². The number of aryl methyl sites for hydroxylation is 1. The van der Waals surface area contributed by atoms with Crippen LogP contribution in [0.1, 0.15) is 11.3 Å². The summed E-state index contributed by atoms with van der Waals surface area (Å²) in [6.45, 7) is 1.79. The minimum absolute atomic E-state index is 0.108. The topological polar surface area (TPSA) is 26.0 Å². The maximum atomic E-state index is 12.4. The van der Waals surface area contributed by atoms with E-state index in [-0.39, 0.29) is 5.76 Å². The molecule has 0 atom stereocenters. The van der Waals surface area contributed by atoms with Gasteiger partial charge in [0.25, 0.3) is 0 Å². The van der Waals surface area contributed by atoms with Crippen LogP contribution in [0.3, 0.4) is 0 Å². The van der Waals surface area contributed by atoms with Crippen LogP contribution in [0.4, 0.5) is 13.2 Å². The second-order valence-corrected chi connectivity index (χ2v) is 4.45. The fourth-order valence-electron chi connectivity index (χ4n) is 1.40. The highest BCUT2D eigenvalue weighted by atomic mass is 79.9. The van der Waals surface area contributed by atoms with E-state index in [0.717, 1.165) is 16.1 Å². The average molecular weight is 306 g/mol. The summed E-state index contributed by atoms with van der Waals surface area (Å²) in [7, 11) is 0. The van der Waals surface area contributed by atoms with Gasteiger partial charge in [-0.1, -0.05) is 27.2 Å². The molecule has 1 aromatic carbocycles. The summed E-state index contributed by atoms with van der Waals surface area (Å²) >= 11 is 3.26. The second kappa shape index (κ2) is 4.18. The average Bonchev–Trinajstić information content (AvgIpc) is 2.70. The molecule has 0 aliphatic carbocycles. The van der Waals surface area contributed by atoms with Crippen molar-refractivity contribution < 1.29 is 17.7 Å². The van der Waals surface area contributed by atoms with Gasteiger partial charge in [0.05, 0.1) is 0 Å². The van der Waals surface area contributed by atoms with Crippen molar-refractivity contribution in [2.45, 2.75) is 13.1 Å². The first-order valence-corrected chi connectivity index (χ1v) is 5.47. The minimum atomic E-state index is -4.48. The molecule has 0 N–H and O–H groups in total. The van der Waals surface area contributed by atoms with Crippen molar-refractivity contribution >= 4 is 15.9 Å². The standard InChI is InChI=1S/C11H7BrF3NO/c1-6-2-3-7(12)4-8(6)9-5-10(16-17-9)11(13,14)15/h2-5H,1H3. The Bertz CT molecular complexity index is 548. The number of hydrogen-bond acceptors (Lipinski definition) is 2. The quantitative estimate of drug-likeness (QED) is 0.779. The molecule has 0 bridgehead atoms. The molecule has 2 aromatic rings. The molecule has 2 nitrogen and oxygen atoms in total. The lowest BCUT2D eigenvalue weighted by Crippen LogP contribution is -2.04. The van der Waals surface area contributed by atoms with Gasteiger partial charge in [-0.05, 0) is 24.6 Å². The molecule has 0 saturated carbocycles. The van der Waals surface area contributed by atoms with Crippen LogP contribution >= 0.6 is 15.9 Å². The summed E-state index contributed by atoms with van der Waals surface area (Å²) in [5.41, 5.74) is 0.382. The number of nitrogens with zero attached hydrogens (tertiary/aromatic N) is 1. The zero-order chi connectivity index (χ0) is 12.6. The van der Waals surface area contributed by atoms with Crippen LogP contribution in [-0.2, 0) is 6.18 Å². The summed E-state index contributed by atoms with van der Waals surface area (Å²) in [5, 5.41) is 3.02. The summed E-state index contributed by atoms with van der Waals surface area (Å²) < 4.78 is 42.6. The van der Waals surface area contributed by atoms with E-state index in [4.69, 9.17) is 4.52 Å². The normalized spacial score (nSPS) is 11.8. The molecular formula is C11H7BrF3NO. The molecule has 17 heavy (non-hydrogen) atoms. The van der Waals surface area contributed by atoms with E-state index in [1.807, 2.05) is 0 Å². The van der Waals surface area contributed by atoms with Crippen LogP contribution in [0.25, 0.3) is 11.3 Å². The number of hydrogen-bond donors (Lipinski definition) is 0. The molecule has 90 valence electrons. The van der Waals surface area contributed by atoms with E-state index in [1.54, 1.807) is 25.1 Å². The molecule has 1 aromatic heterocycles. The van der Waals surface area contributed by atoms with Gasteiger partial charge in [0.1, 0.15) is 0 Å². The molecule has 0 amide bonds. The van der Waals surface area contributed by atoms with Crippen LogP contribution in [0, 0.1) is 6.92 Å². The number of alkyl halides is 3. The number of halogens is 4. The Kier molecular flexibility index (Phi) is 2.99. The van der Waals surface area contributed by atoms with E-state index >= 15 is 0 Å². The van der Waals surface area contributed by atoms with Crippen LogP contribution in [0.15, 0.2) is 33.3 Å². The highest BCUT2D eigenvalue weighted by Crippen LogP contribution is 2.33. The van der Waals surface area contributed by atoms with Gasteiger partial charge in [-0.25, -0.2) is 0 Å². The molecule has 0 aliphatic rings. The Labute approximate surface area is 104 Å². The third-order valence-electron chi connectivity index (χ3n) is 2.27. The lowest BCUT2D eigenvalue weighted by Gasteiger charge is -2.01. The lowest BCUT2D eigenvalue weighted by molar-refractivity contribution is -0.142. The van der Waals surface area contributed by atoms with E-state index in [9.17, 15) is 13.2 Å². The summed E-state index contributed by atoms with van der Waals surface area (Å²) in [4.78, 5) is 0. The summed E-state index contributed by atoms with van der Waals surface area (Å²) in [5.74, 6) is 0.108. The van der Waals surface area contributed by atoms with Crippen LogP contribution in [0.5, 0.6) is 0 Å². The van der Waals surface area contributed by atoms with E-state index in [2.05, 4.69) is 21.1 Å². The zero-order valence-corrected chi connectivity index (χ0v) is 10.3. The molecule has 6 heteroatoms. The first kappa shape index (κ1) is 12.2. The van der Waals surface area contributed by atoms with E-state index < -0.39 is 11.9 Å². The monoisotopic (exact) mass is 305 g/mol. The molecule has 0 aliphatic heterocycles. The first-order chi connectivity index (χ1) is 7.88. The highest BCUT2D eigenvalue weighted by molar-refractivity contribution is 9.10. The molecule has 0 spiro atoms. The molecule has 2 rings (SSSR count). The van der Waals surface area contributed by atoms with Gasteiger partial charge in [-0.15, -0.1) is 0 Å². The van der Waals surface area contributed by atoms with Crippen molar-refractivity contribution in [3.05, 3.63) is 40.0 Å². The summed E-state index contributed by atoms with van der Waals surface area (Å²) in [6, 6.07) is 6.18. The van der Waals surface area contributed by atoms with Crippen molar-refractivity contribution in [1.29, 1.82) is 0 Å². The van der Waals surface area contributed by atoms with Crippen molar-refractivity contribution in [3.63, 3.8) is 0 Å². The van der Waals surface area contributed by atoms with Gasteiger partial charge in [0, 0.05) is 16.1 Å². The van der Waals surface area contributed by atoms with Gasteiger partial charge < -0.3 is 4.52 Å². The van der Waals surface area contributed by atoms with Gasteiger partial charge in [-0.2, -0.15) is 13.2 Å². The third kappa shape index (κ3) is 2.52. The Morgan fingerprint density at radius 1 is 1.24 bits per heavy atom. The number of benzene rings is 1. The van der Waals surface area contributed by atoms with Gasteiger partial charge in [0.15, 0.2) is 11.5 Å². The SMILES string of the molecule is Cc1ccc(Br)cc1-c1cc(C(F)(F)F)no1. The predicted molar refractivity (Wildman–Crippen MR) is 59.4 cm³/mol. The molecule has 0 fully saturated rings.